The molecule has 2 N–H and O–H groups in total. The molecule has 1 aromatic carbocycles. The Bertz CT molecular complexity index is 936. The lowest BCUT2D eigenvalue weighted by molar-refractivity contribution is 0.0955. The molecule has 0 bridgehead atoms. The smallest absolute Gasteiger partial charge is 0.251 e. The third kappa shape index (κ3) is 4.85. The minimum atomic E-state index is -0.129. The second-order valence-corrected chi connectivity index (χ2v) is 6.24. The molecule has 0 atom stereocenters. The van der Waals surface area contributed by atoms with Crippen molar-refractivity contribution in [3.05, 3.63) is 59.7 Å². The Kier molecular flexibility index (Phi) is 6.21. The molecule has 28 heavy (non-hydrogen) atoms. The summed E-state index contributed by atoms with van der Waals surface area (Å²) < 4.78 is 7.15. The van der Waals surface area contributed by atoms with Gasteiger partial charge in [-0.1, -0.05) is 0 Å². The number of carbonyl (C=O) groups excluding carboxylic acids is 1. The molecule has 0 aliphatic carbocycles. The average molecular weight is 380 g/mol. The zero-order valence-corrected chi connectivity index (χ0v) is 16.3. The number of carbonyl (C=O) groups is 1. The highest BCUT2D eigenvalue weighted by atomic mass is 16.5. The minimum Gasteiger partial charge on any atom is -0.494 e. The molecule has 2 aromatic heterocycles. The summed E-state index contributed by atoms with van der Waals surface area (Å²) in [5.74, 6) is 1.99. The molecule has 0 saturated heterocycles. The molecular weight excluding hydrogens is 356 g/mol. The highest BCUT2D eigenvalue weighted by Crippen LogP contribution is 2.13. The Morgan fingerprint density at radius 3 is 2.57 bits per heavy atom. The largest absolute Gasteiger partial charge is 0.494 e. The third-order valence-corrected chi connectivity index (χ3v) is 4.02. The fourth-order valence-corrected chi connectivity index (χ4v) is 2.76. The first-order chi connectivity index (χ1) is 13.6. The molecule has 0 radical (unpaired) electrons. The Balaban J connectivity index is 1.50. The highest BCUT2D eigenvalue weighted by molar-refractivity contribution is 5.94. The summed E-state index contributed by atoms with van der Waals surface area (Å²) in [5, 5.41) is 10.5. The van der Waals surface area contributed by atoms with Gasteiger partial charge in [0.25, 0.3) is 5.91 Å². The zero-order chi connectivity index (χ0) is 19.9. The van der Waals surface area contributed by atoms with E-state index in [-0.39, 0.29) is 5.91 Å². The van der Waals surface area contributed by atoms with Crippen LogP contribution in [-0.4, -0.2) is 45.4 Å². The van der Waals surface area contributed by atoms with Crippen molar-refractivity contribution in [1.82, 2.24) is 25.1 Å². The van der Waals surface area contributed by atoms with E-state index < -0.39 is 0 Å². The van der Waals surface area contributed by atoms with Crippen molar-refractivity contribution in [2.24, 2.45) is 0 Å². The van der Waals surface area contributed by atoms with Gasteiger partial charge in [0, 0.05) is 30.4 Å². The molecule has 2 heterocycles. The van der Waals surface area contributed by atoms with Gasteiger partial charge in [-0.25, -0.2) is 14.6 Å². The number of ether oxygens (including phenoxy) is 1. The van der Waals surface area contributed by atoms with E-state index in [1.165, 1.54) is 6.33 Å². The van der Waals surface area contributed by atoms with Gasteiger partial charge < -0.3 is 15.4 Å². The first kappa shape index (κ1) is 19.3. The summed E-state index contributed by atoms with van der Waals surface area (Å²) in [5.41, 5.74) is 2.53. The average Bonchev–Trinajstić information content (AvgIpc) is 3.04. The Labute approximate surface area is 164 Å². The summed E-state index contributed by atoms with van der Waals surface area (Å²) >= 11 is 0. The van der Waals surface area contributed by atoms with Crippen LogP contribution in [0.15, 0.2) is 42.7 Å². The number of rotatable bonds is 8. The zero-order valence-electron chi connectivity index (χ0n) is 16.3. The molecule has 0 spiro atoms. The number of amides is 1. The van der Waals surface area contributed by atoms with Crippen LogP contribution in [0, 0.1) is 13.8 Å². The Morgan fingerprint density at radius 1 is 1.11 bits per heavy atom. The molecule has 0 unspecified atom stereocenters. The molecule has 0 aliphatic rings. The van der Waals surface area contributed by atoms with Crippen LogP contribution in [0.25, 0.3) is 5.82 Å². The van der Waals surface area contributed by atoms with Crippen LogP contribution in [0.2, 0.25) is 0 Å². The van der Waals surface area contributed by atoms with E-state index in [0.717, 1.165) is 17.1 Å². The van der Waals surface area contributed by atoms with Gasteiger partial charge in [0.15, 0.2) is 5.82 Å². The van der Waals surface area contributed by atoms with E-state index in [9.17, 15) is 4.79 Å². The van der Waals surface area contributed by atoms with Crippen LogP contribution in [-0.2, 0) is 0 Å². The summed E-state index contributed by atoms with van der Waals surface area (Å²) in [6.45, 7) is 7.44. The SMILES string of the molecule is CCOc1ccc(C(=O)NCCNc2cc(-n3nc(C)cc3C)ncn2)cc1. The van der Waals surface area contributed by atoms with E-state index in [4.69, 9.17) is 4.74 Å². The fraction of sp³-hybridized carbons (Fsp3) is 0.300. The first-order valence-corrected chi connectivity index (χ1v) is 9.17. The molecule has 146 valence electrons. The standard InChI is InChI=1S/C20H24N6O2/c1-4-28-17-7-5-16(6-8-17)20(27)22-10-9-21-18-12-19(24-13-23-18)26-15(3)11-14(2)25-26/h5-8,11-13H,4,9-10H2,1-3H3,(H,22,27)(H,21,23,24). The molecule has 0 saturated carbocycles. The lowest BCUT2D eigenvalue weighted by Crippen LogP contribution is -2.28. The van der Waals surface area contributed by atoms with Crippen LogP contribution in [0.5, 0.6) is 5.75 Å². The van der Waals surface area contributed by atoms with Gasteiger partial charge in [0.05, 0.1) is 12.3 Å². The van der Waals surface area contributed by atoms with Gasteiger partial charge in [0.1, 0.15) is 17.9 Å². The number of benzene rings is 1. The van der Waals surface area contributed by atoms with Gasteiger partial charge in [-0.3, -0.25) is 4.79 Å². The van der Waals surface area contributed by atoms with Gasteiger partial charge in [-0.15, -0.1) is 0 Å². The number of hydrogen-bond donors (Lipinski definition) is 2. The molecule has 0 aliphatic heterocycles. The number of anilines is 1. The maximum absolute atomic E-state index is 12.2. The Morgan fingerprint density at radius 2 is 1.89 bits per heavy atom. The van der Waals surface area contributed by atoms with Crippen molar-refractivity contribution in [2.45, 2.75) is 20.8 Å². The monoisotopic (exact) mass is 380 g/mol. The van der Waals surface area contributed by atoms with E-state index in [0.29, 0.717) is 36.9 Å². The number of hydrogen-bond acceptors (Lipinski definition) is 6. The van der Waals surface area contributed by atoms with Crippen molar-refractivity contribution in [3.8, 4) is 11.6 Å². The van der Waals surface area contributed by atoms with E-state index in [1.807, 2.05) is 32.9 Å². The van der Waals surface area contributed by atoms with Crippen LogP contribution >= 0.6 is 0 Å². The maximum Gasteiger partial charge on any atom is 0.251 e. The highest BCUT2D eigenvalue weighted by Gasteiger charge is 2.07. The topological polar surface area (TPSA) is 94.0 Å². The Hall–Kier alpha value is -3.42. The van der Waals surface area contributed by atoms with Crippen molar-refractivity contribution in [1.29, 1.82) is 0 Å². The van der Waals surface area contributed by atoms with Crippen molar-refractivity contribution in [2.75, 3.05) is 25.0 Å². The lowest BCUT2D eigenvalue weighted by Gasteiger charge is -2.09. The molecule has 0 fully saturated rings. The quantitative estimate of drug-likeness (QED) is 0.583. The second-order valence-electron chi connectivity index (χ2n) is 6.24. The lowest BCUT2D eigenvalue weighted by atomic mass is 10.2. The van der Waals surface area contributed by atoms with Crippen LogP contribution in [0.3, 0.4) is 0 Å². The minimum absolute atomic E-state index is 0.129. The molecular formula is C20H24N6O2. The van der Waals surface area contributed by atoms with E-state index in [2.05, 4.69) is 25.7 Å². The van der Waals surface area contributed by atoms with Gasteiger partial charge in [0.2, 0.25) is 0 Å². The predicted molar refractivity (Wildman–Crippen MR) is 107 cm³/mol. The molecule has 3 rings (SSSR count). The van der Waals surface area contributed by atoms with Crippen molar-refractivity contribution < 1.29 is 9.53 Å². The summed E-state index contributed by atoms with van der Waals surface area (Å²) in [7, 11) is 0. The van der Waals surface area contributed by atoms with E-state index >= 15 is 0 Å². The van der Waals surface area contributed by atoms with Crippen molar-refractivity contribution >= 4 is 11.7 Å². The second kappa shape index (κ2) is 8.98. The molecule has 3 aromatic rings. The van der Waals surface area contributed by atoms with Crippen LogP contribution < -0.4 is 15.4 Å². The number of nitrogens with zero attached hydrogens (tertiary/aromatic N) is 4. The normalized spacial score (nSPS) is 10.5. The summed E-state index contributed by atoms with van der Waals surface area (Å²) in [6.07, 6.45) is 1.49. The molecule has 1 amide bonds. The first-order valence-electron chi connectivity index (χ1n) is 9.17. The number of aromatic nitrogens is 4. The van der Waals surface area contributed by atoms with Crippen LogP contribution in [0.4, 0.5) is 5.82 Å². The summed E-state index contributed by atoms with van der Waals surface area (Å²) in [4.78, 5) is 20.7. The predicted octanol–water partition coefficient (Wildman–Crippen LogP) is 2.52. The summed E-state index contributed by atoms with van der Waals surface area (Å²) in [6, 6.07) is 10.9. The van der Waals surface area contributed by atoms with Gasteiger partial charge in [-0.2, -0.15) is 5.10 Å². The molecule has 8 nitrogen and oxygen atoms in total. The maximum atomic E-state index is 12.2. The number of nitrogens with one attached hydrogen (secondary N) is 2. The van der Waals surface area contributed by atoms with E-state index in [1.54, 1.807) is 28.9 Å². The molecule has 8 heteroatoms. The van der Waals surface area contributed by atoms with Crippen molar-refractivity contribution in [3.63, 3.8) is 0 Å². The fourth-order valence-electron chi connectivity index (χ4n) is 2.76. The van der Waals surface area contributed by atoms with Gasteiger partial charge >= 0.3 is 0 Å². The number of aryl methyl sites for hydroxylation is 2. The van der Waals surface area contributed by atoms with Gasteiger partial charge in [-0.05, 0) is 51.1 Å². The third-order valence-electron chi connectivity index (χ3n) is 4.02. The van der Waals surface area contributed by atoms with Crippen LogP contribution in [0.1, 0.15) is 28.7 Å².